The van der Waals surface area contributed by atoms with E-state index in [1.54, 1.807) is 11.8 Å². The average Bonchev–Trinajstić information content (AvgIpc) is 2.17. The summed E-state index contributed by atoms with van der Waals surface area (Å²) in [6, 6.07) is 6.46. The molecule has 12 heavy (non-hydrogen) atoms. The Balaban J connectivity index is 2.36. The van der Waals surface area contributed by atoms with Gasteiger partial charge >= 0.3 is 0 Å². The van der Waals surface area contributed by atoms with Gasteiger partial charge in [-0.25, -0.2) is 0 Å². The number of fused-ring (bicyclic) bond motifs is 1. The Morgan fingerprint density at radius 3 is 2.67 bits per heavy atom. The van der Waals surface area contributed by atoms with Crippen LogP contribution in [0.2, 0.25) is 0 Å². The molecule has 0 spiro atoms. The third kappa shape index (κ3) is 1.37. The Morgan fingerprint density at radius 2 is 1.92 bits per heavy atom. The van der Waals surface area contributed by atoms with Gasteiger partial charge in [0.25, 0.3) is 0 Å². The lowest BCUT2D eigenvalue weighted by molar-refractivity contribution is 1.04. The fourth-order valence-corrected chi connectivity index (χ4v) is 1.78. The number of benzene rings is 1. The molecular formula is C9H12N2S. The van der Waals surface area contributed by atoms with E-state index in [4.69, 9.17) is 0 Å². The molecule has 0 bridgehead atoms. The lowest BCUT2D eigenvalue weighted by Gasteiger charge is -2.20. The summed E-state index contributed by atoms with van der Waals surface area (Å²) in [5.74, 6) is 0. The number of nitrogens with one attached hydrogen (secondary N) is 2. The lowest BCUT2D eigenvalue weighted by atomic mass is 10.2. The fraction of sp³-hybridized carbons (Fsp3) is 0.333. The maximum Gasteiger partial charge on any atom is 0.0587 e. The molecule has 0 atom stereocenters. The summed E-state index contributed by atoms with van der Waals surface area (Å²) in [5.41, 5.74) is 2.45. The van der Waals surface area contributed by atoms with Crippen LogP contribution in [0, 0.1) is 0 Å². The van der Waals surface area contributed by atoms with Crippen LogP contribution in [0.4, 0.5) is 11.4 Å². The van der Waals surface area contributed by atoms with Gasteiger partial charge in [-0.1, -0.05) is 0 Å². The molecule has 0 saturated heterocycles. The van der Waals surface area contributed by atoms with Crippen molar-refractivity contribution in [2.24, 2.45) is 0 Å². The molecule has 0 fully saturated rings. The maximum atomic E-state index is 3.36. The van der Waals surface area contributed by atoms with Gasteiger partial charge in [0.05, 0.1) is 11.4 Å². The zero-order valence-corrected chi connectivity index (χ0v) is 7.87. The Kier molecular flexibility index (Phi) is 2.13. The molecule has 1 aromatic rings. The number of hydrogen-bond donors (Lipinski definition) is 2. The molecule has 2 rings (SSSR count). The summed E-state index contributed by atoms with van der Waals surface area (Å²) in [7, 11) is 0. The predicted octanol–water partition coefficient (Wildman–Crippen LogP) is 2.25. The van der Waals surface area contributed by atoms with Crippen molar-refractivity contribution in [1.29, 1.82) is 0 Å². The highest BCUT2D eigenvalue weighted by atomic mass is 32.2. The third-order valence-corrected chi connectivity index (χ3v) is 2.71. The van der Waals surface area contributed by atoms with Crippen molar-refractivity contribution in [1.82, 2.24) is 0 Å². The van der Waals surface area contributed by atoms with Gasteiger partial charge in [0.15, 0.2) is 0 Å². The van der Waals surface area contributed by atoms with E-state index in [0.29, 0.717) is 0 Å². The smallest absolute Gasteiger partial charge is 0.0587 e. The highest BCUT2D eigenvalue weighted by Crippen LogP contribution is 2.28. The average molecular weight is 180 g/mol. The molecule has 1 heterocycles. The van der Waals surface area contributed by atoms with E-state index in [1.165, 1.54) is 16.3 Å². The van der Waals surface area contributed by atoms with Gasteiger partial charge < -0.3 is 10.6 Å². The van der Waals surface area contributed by atoms with E-state index in [0.717, 1.165) is 13.1 Å². The number of rotatable bonds is 1. The minimum absolute atomic E-state index is 1.02. The molecule has 64 valence electrons. The summed E-state index contributed by atoms with van der Waals surface area (Å²) in [5, 5.41) is 6.70. The maximum absolute atomic E-state index is 3.36. The van der Waals surface area contributed by atoms with Crippen LogP contribution in [0.15, 0.2) is 23.1 Å². The predicted molar refractivity (Wildman–Crippen MR) is 55.2 cm³/mol. The van der Waals surface area contributed by atoms with Gasteiger partial charge in [0.2, 0.25) is 0 Å². The van der Waals surface area contributed by atoms with Gasteiger partial charge in [0, 0.05) is 18.0 Å². The van der Waals surface area contributed by atoms with Crippen molar-refractivity contribution < 1.29 is 0 Å². The quantitative estimate of drug-likeness (QED) is 0.648. The fourth-order valence-electron chi connectivity index (χ4n) is 1.35. The largest absolute Gasteiger partial charge is 0.382 e. The summed E-state index contributed by atoms with van der Waals surface area (Å²) in [4.78, 5) is 1.31. The van der Waals surface area contributed by atoms with Crippen molar-refractivity contribution in [3.8, 4) is 0 Å². The van der Waals surface area contributed by atoms with E-state index >= 15 is 0 Å². The van der Waals surface area contributed by atoms with Crippen LogP contribution >= 0.6 is 11.8 Å². The molecule has 0 saturated carbocycles. The normalized spacial score (nSPS) is 14.4. The van der Waals surface area contributed by atoms with Gasteiger partial charge in [0.1, 0.15) is 0 Å². The van der Waals surface area contributed by atoms with Crippen LogP contribution in [-0.4, -0.2) is 19.3 Å². The monoisotopic (exact) mass is 180 g/mol. The van der Waals surface area contributed by atoms with Crippen LogP contribution in [-0.2, 0) is 0 Å². The first-order valence-electron chi connectivity index (χ1n) is 4.06. The highest BCUT2D eigenvalue weighted by Gasteiger charge is 2.06. The van der Waals surface area contributed by atoms with Gasteiger partial charge in [-0.15, -0.1) is 11.8 Å². The minimum Gasteiger partial charge on any atom is -0.382 e. The SMILES string of the molecule is CSc1ccc2c(c1)NCCN2. The van der Waals surface area contributed by atoms with Gasteiger partial charge in [-0.3, -0.25) is 0 Å². The van der Waals surface area contributed by atoms with Crippen molar-refractivity contribution in [3.05, 3.63) is 18.2 Å². The van der Waals surface area contributed by atoms with Crippen LogP contribution in [0.5, 0.6) is 0 Å². The van der Waals surface area contributed by atoms with Crippen LogP contribution in [0.25, 0.3) is 0 Å². The van der Waals surface area contributed by atoms with Crippen molar-refractivity contribution in [3.63, 3.8) is 0 Å². The second kappa shape index (κ2) is 3.27. The number of anilines is 2. The first-order chi connectivity index (χ1) is 5.90. The second-order valence-corrected chi connectivity index (χ2v) is 3.64. The van der Waals surface area contributed by atoms with Crippen LogP contribution in [0.1, 0.15) is 0 Å². The topological polar surface area (TPSA) is 24.1 Å². The van der Waals surface area contributed by atoms with Gasteiger partial charge in [-0.05, 0) is 24.5 Å². The molecule has 0 aromatic heterocycles. The zero-order chi connectivity index (χ0) is 8.39. The molecule has 1 aliphatic rings. The first kappa shape index (κ1) is 7.80. The first-order valence-corrected chi connectivity index (χ1v) is 5.28. The van der Waals surface area contributed by atoms with Gasteiger partial charge in [-0.2, -0.15) is 0 Å². The Labute approximate surface area is 76.7 Å². The molecule has 0 unspecified atom stereocenters. The Morgan fingerprint density at radius 1 is 1.17 bits per heavy atom. The molecule has 1 aliphatic heterocycles. The van der Waals surface area contributed by atoms with E-state index in [2.05, 4.69) is 35.1 Å². The molecule has 0 radical (unpaired) electrons. The van der Waals surface area contributed by atoms with Crippen molar-refractivity contribution in [2.45, 2.75) is 4.90 Å². The number of hydrogen-bond acceptors (Lipinski definition) is 3. The number of thioether (sulfide) groups is 1. The lowest BCUT2D eigenvalue weighted by Crippen LogP contribution is -2.20. The third-order valence-electron chi connectivity index (χ3n) is 1.98. The van der Waals surface area contributed by atoms with E-state index in [-0.39, 0.29) is 0 Å². The zero-order valence-electron chi connectivity index (χ0n) is 7.05. The summed E-state index contributed by atoms with van der Waals surface area (Å²) in [6.45, 7) is 2.04. The standard InChI is InChI=1S/C9H12N2S/c1-12-7-2-3-8-9(6-7)11-5-4-10-8/h2-3,6,10-11H,4-5H2,1H3. The van der Waals surface area contributed by atoms with Crippen molar-refractivity contribution in [2.75, 3.05) is 30.0 Å². The summed E-state index contributed by atoms with van der Waals surface area (Å²) in [6.07, 6.45) is 2.10. The second-order valence-electron chi connectivity index (χ2n) is 2.77. The highest BCUT2D eigenvalue weighted by molar-refractivity contribution is 7.98. The molecule has 2 nitrogen and oxygen atoms in total. The van der Waals surface area contributed by atoms with E-state index < -0.39 is 0 Å². The minimum atomic E-state index is 1.02. The Bertz CT molecular complexity index is 286. The van der Waals surface area contributed by atoms with E-state index in [1.807, 2.05) is 0 Å². The summed E-state index contributed by atoms with van der Waals surface area (Å²) < 4.78 is 0. The van der Waals surface area contributed by atoms with E-state index in [9.17, 15) is 0 Å². The Hall–Kier alpha value is -0.830. The molecule has 0 amide bonds. The van der Waals surface area contributed by atoms with Crippen LogP contribution < -0.4 is 10.6 Å². The molecule has 0 aliphatic carbocycles. The van der Waals surface area contributed by atoms with Crippen molar-refractivity contribution >= 4 is 23.1 Å². The molecular weight excluding hydrogens is 168 g/mol. The van der Waals surface area contributed by atoms with Crippen LogP contribution in [0.3, 0.4) is 0 Å². The molecule has 1 aromatic carbocycles. The molecule has 3 heteroatoms. The molecule has 2 N–H and O–H groups in total. The summed E-state index contributed by atoms with van der Waals surface area (Å²) >= 11 is 1.77.